The minimum Gasteiger partial charge on any atom is -0.390 e. The third kappa shape index (κ3) is 4.61. The van der Waals surface area contributed by atoms with Gasteiger partial charge in [-0.1, -0.05) is 12.1 Å². The molecule has 1 aromatic carbocycles. The van der Waals surface area contributed by atoms with Gasteiger partial charge in [-0.25, -0.2) is 4.98 Å². The molecule has 8 nitrogen and oxygen atoms in total. The smallest absolute Gasteiger partial charge is 0.256 e. The molecule has 8 heteroatoms. The van der Waals surface area contributed by atoms with E-state index < -0.39 is 11.2 Å². The van der Waals surface area contributed by atoms with Gasteiger partial charge < -0.3 is 20.4 Å². The summed E-state index contributed by atoms with van der Waals surface area (Å²) in [6, 6.07) is 10.5. The number of piperidine rings is 1. The van der Waals surface area contributed by atoms with Crippen LogP contribution in [0.4, 0.5) is 11.6 Å². The van der Waals surface area contributed by atoms with Gasteiger partial charge in [0.15, 0.2) is 5.65 Å². The van der Waals surface area contributed by atoms with E-state index in [1.807, 2.05) is 19.9 Å². The summed E-state index contributed by atoms with van der Waals surface area (Å²) < 4.78 is 1.78. The number of carbonyl (C=O) groups excluding carboxylic acids is 1. The summed E-state index contributed by atoms with van der Waals surface area (Å²) in [5.41, 5.74) is 0.229. The van der Waals surface area contributed by atoms with Crippen molar-refractivity contribution in [3.05, 3.63) is 53.7 Å². The van der Waals surface area contributed by atoms with E-state index >= 15 is 0 Å². The van der Waals surface area contributed by atoms with Gasteiger partial charge in [-0.05, 0) is 64.2 Å². The lowest BCUT2D eigenvalue weighted by Crippen LogP contribution is -2.42. The SMILES string of the molecule is CC(C)(O)c1ccc(C(=O)Nc2cc(N3CCC(C(C)(C)O)CC3)n3nccc3n2)cc1. The number of carbonyl (C=O) groups is 1. The van der Waals surface area contributed by atoms with Crippen LogP contribution in [0.1, 0.15) is 56.5 Å². The number of hydrogen-bond donors (Lipinski definition) is 3. The van der Waals surface area contributed by atoms with E-state index in [0.29, 0.717) is 17.0 Å². The maximum Gasteiger partial charge on any atom is 0.256 e. The van der Waals surface area contributed by atoms with Crippen molar-refractivity contribution in [3.63, 3.8) is 0 Å². The van der Waals surface area contributed by atoms with Crippen molar-refractivity contribution in [3.8, 4) is 0 Å². The topological polar surface area (TPSA) is 103 Å². The average molecular weight is 438 g/mol. The molecular formula is C24H31N5O3. The van der Waals surface area contributed by atoms with Crippen LogP contribution in [0.5, 0.6) is 0 Å². The van der Waals surface area contributed by atoms with Crippen LogP contribution in [0.15, 0.2) is 42.6 Å². The highest BCUT2D eigenvalue weighted by atomic mass is 16.3. The van der Waals surface area contributed by atoms with E-state index in [1.54, 1.807) is 54.9 Å². The molecule has 0 radical (unpaired) electrons. The molecule has 3 aromatic rings. The van der Waals surface area contributed by atoms with Crippen LogP contribution >= 0.6 is 0 Å². The summed E-state index contributed by atoms with van der Waals surface area (Å²) in [6.45, 7) is 8.73. The summed E-state index contributed by atoms with van der Waals surface area (Å²) in [5, 5.41) is 27.7. The van der Waals surface area contributed by atoms with E-state index in [2.05, 4.69) is 20.3 Å². The fraction of sp³-hybridized carbons (Fsp3) is 0.458. The number of aromatic nitrogens is 3. The minimum absolute atomic E-state index is 0.250. The number of nitrogens with zero attached hydrogens (tertiary/aromatic N) is 4. The zero-order valence-electron chi connectivity index (χ0n) is 19.0. The van der Waals surface area contributed by atoms with Gasteiger partial charge in [0.25, 0.3) is 5.91 Å². The highest BCUT2D eigenvalue weighted by Crippen LogP contribution is 2.31. The van der Waals surface area contributed by atoms with E-state index in [0.717, 1.165) is 37.3 Å². The molecule has 0 atom stereocenters. The summed E-state index contributed by atoms with van der Waals surface area (Å²) in [6.07, 6.45) is 3.45. The van der Waals surface area contributed by atoms with E-state index in [-0.39, 0.29) is 11.8 Å². The molecule has 32 heavy (non-hydrogen) atoms. The Kier molecular flexibility index (Phi) is 5.68. The third-order valence-electron chi connectivity index (χ3n) is 6.25. The first-order valence-electron chi connectivity index (χ1n) is 11.0. The van der Waals surface area contributed by atoms with Crippen molar-refractivity contribution in [2.45, 2.75) is 51.7 Å². The minimum atomic E-state index is -0.961. The number of anilines is 2. The van der Waals surface area contributed by atoms with Crippen LogP contribution in [0, 0.1) is 5.92 Å². The van der Waals surface area contributed by atoms with Crippen molar-refractivity contribution >= 4 is 23.2 Å². The largest absolute Gasteiger partial charge is 0.390 e. The second-order valence-corrected chi connectivity index (χ2v) is 9.61. The van der Waals surface area contributed by atoms with E-state index in [9.17, 15) is 15.0 Å². The van der Waals surface area contributed by atoms with Gasteiger partial charge in [-0.2, -0.15) is 9.61 Å². The summed E-state index contributed by atoms with van der Waals surface area (Å²) in [4.78, 5) is 19.6. The second-order valence-electron chi connectivity index (χ2n) is 9.61. The Balaban J connectivity index is 1.55. The lowest BCUT2D eigenvalue weighted by Gasteiger charge is -2.38. The van der Waals surface area contributed by atoms with Crippen molar-refractivity contribution in [2.75, 3.05) is 23.3 Å². The fourth-order valence-electron chi connectivity index (χ4n) is 4.22. The molecule has 0 aliphatic carbocycles. The Labute approximate surface area is 187 Å². The zero-order chi connectivity index (χ0) is 23.1. The molecule has 2 aromatic heterocycles. The number of fused-ring (bicyclic) bond motifs is 1. The Bertz CT molecular complexity index is 1100. The molecule has 1 saturated heterocycles. The number of rotatable bonds is 5. The van der Waals surface area contributed by atoms with Crippen LogP contribution in [0.25, 0.3) is 5.65 Å². The van der Waals surface area contributed by atoms with Crippen LogP contribution in [0.2, 0.25) is 0 Å². The molecule has 0 unspecified atom stereocenters. The molecule has 0 saturated carbocycles. The molecule has 3 heterocycles. The van der Waals surface area contributed by atoms with Gasteiger partial charge in [-0.15, -0.1) is 0 Å². The molecule has 0 spiro atoms. The van der Waals surface area contributed by atoms with E-state index in [4.69, 9.17) is 0 Å². The third-order valence-corrected chi connectivity index (χ3v) is 6.25. The Morgan fingerprint density at radius 3 is 2.31 bits per heavy atom. The summed E-state index contributed by atoms with van der Waals surface area (Å²) in [7, 11) is 0. The Hall–Kier alpha value is -2.97. The molecule has 4 rings (SSSR count). The van der Waals surface area contributed by atoms with Crippen LogP contribution in [-0.4, -0.2) is 49.4 Å². The van der Waals surface area contributed by atoms with E-state index in [1.165, 1.54) is 0 Å². The highest BCUT2D eigenvalue weighted by molar-refractivity contribution is 6.04. The van der Waals surface area contributed by atoms with Crippen molar-refractivity contribution in [1.29, 1.82) is 0 Å². The van der Waals surface area contributed by atoms with Crippen LogP contribution in [0.3, 0.4) is 0 Å². The van der Waals surface area contributed by atoms with Gasteiger partial charge in [-0.3, -0.25) is 4.79 Å². The molecule has 1 amide bonds. The van der Waals surface area contributed by atoms with Gasteiger partial charge in [0.1, 0.15) is 11.6 Å². The number of amides is 1. The number of hydrogen-bond acceptors (Lipinski definition) is 6. The number of aliphatic hydroxyl groups is 2. The Morgan fingerprint density at radius 2 is 1.72 bits per heavy atom. The number of benzene rings is 1. The molecule has 1 aliphatic heterocycles. The van der Waals surface area contributed by atoms with Crippen molar-refractivity contribution < 1.29 is 15.0 Å². The molecular weight excluding hydrogens is 406 g/mol. The first-order chi connectivity index (χ1) is 15.0. The molecule has 1 aliphatic rings. The lowest BCUT2D eigenvalue weighted by molar-refractivity contribution is 0.00642. The maximum absolute atomic E-state index is 12.8. The number of nitrogens with one attached hydrogen (secondary N) is 1. The van der Waals surface area contributed by atoms with Crippen molar-refractivity contribution in [2.24, 2.45) is 5.92 Å². The monoisotopic (exact) mass is 437 g/mol. The molecule has 1 fully saturated rings. The van der Waals surface area contributed by atoms with Crippen LogP contribution in [-0.2, 0) is 5.60 Å². The predicted molar refractivity (Wildman–Crippen MR) is 124 cm³/mol. The zero-order valence-corrected chi connectivity index (χ0v) is 19.0. The first-order valence-corrected chi connectivity index (χ1v) is 11.0. The molecule has 170 valence electrons. The predicted octanol–water partition coefficient (Wildman–Crippen LogP) is 3.20. The fourth-order valence-corrected chi connectivity index (χ4v) is 4.22. The van der Waals surface area contributed by atoms with Gasteiger partial charge in [0.2, 0.25) is 0 Å². The molecule has 0 bridgehead atoms. The van der Waals surface area contributed by atoms with Gasteiger partial charge in [0.05, 0.1) is 17.4 Å². The quantitative estimate of drug-likeness (QED) is 0.566. The maximum atomic E-state index is 12.8. The second kappa shape index (κ2) is 8.18. The lowest BCUT2D eigenvalue weighted by atomic mass is 9.83. The van der Waals surface area contributed by atoms with Gasteiger partial charge in [0, 0.05) is 30.8 Å². The van der Waals surface area contributed by atoms with Gasteiger partial charge >= 0.3 is 0 Å². The summed E-state index contributed by atoms with van der Waals surface area (Å²) >= 11 is 0. The van der Waals surface area contributed by atoms with Crippen LogP contribution < -0.4 is 10.2 Å². The standard InChI is InChI=1S/C24H31N5O3/c1-23(2,31)17-7-5-16(6-8-17)22(30)27-19-15-21(29-20(26-19)9-12-25-29)28-13-10-18(11-14-28)24(3,4)32/h5-9,12,15,18,31-32H,10-11,13-14H2,1-4H3,(H,26,27,30). The normalized spacial score (nSPS) is 15.9. The Morgan fingerprint density at radius 1 is 1.06 bits per heavy atom. The average Bonchev–Trinajstić information content (AvgIpc) is 3.21. The summed E-state index contributed by atoms with van der Waals surface area (Å²) in [5.74, 6) is 1.30. The van der Waals surface area contributed by atoms with Crippen molar-refractivity contribution in [1.82, 2.24) is 14.6 Å². The highest BCUT2D eigenvalue weighted by Gasteiger charge is 2.31. The molecule has 3 N–H and O–H groups in total. The first kappa shape index (κ1) is 22.2.